The van der Waals surface area contributed by atoms with E-state index in [1.807, 2.05) is 0 Å². The number of carboxylic acids is 1. The highest BCUT2D eigenvalue weighted by Crippen LogP contribution is 2.34. The van der Waals surface area contributed by atoms with Gasteiger partial charge in [-0.2, -0.15) is 13.2 Å². The standard InChI is InChI=1S/C14H16F3N3O3/c1-20(13(12(22)23)5-3-2-4-6-13)10(21)9-7-18-11(19-8-9)14(15,16)17/h7-8H,2-6H2,1H3,(H,22,23). The van der Waals surface area contributed by atoms with E-state index in [-0.39, 0.29) is 5.56 Å². The van der Waals surface area contributed by atoms with Gasteiger partial charge in [-0.1, -0.05) is 19.3 Å². The topological polar surface area (TPSA) is 83.4 Å². The van der Waals surface area contributed by atoms with E-state index in [9.17, 15) is 27.9 Å². The van der Waals surface area contributed by atoms with Crippen LogP contribution in [0.1, 0.15) is 48.3 Å². The number of alkyl halides is 3. The van der Waals surface area contributed by atoms with E-state index >= 15 is 0 Å². The average molecular weight is 331 g/mol. The van der Waals surface area contributed by atoms with Crippen LogP contribution < -0.4 is 0 Å². The van der Waals surface area contributed by atoms with Gasteiger partial charge in [-0.25, -0.2) is 14.8 Å². The van der Waals surface area contributed by atoms with Gasteiger partial charge in [-0.05, 0) is 12.8 Å². The highest BCUT2D eigenvalue weighted by molar-refractivity contribution is 5.97. The molecule has 23 heavy (non-hydrogen) atoms. The summed E-state index contributed by atoms with van der Waals surface area (Å²) in [5.74, 6) is -3.16. The van der Waals surface area contributed by atoms with Crippen molar-refractivity contribution in [3.8, 4) is 0 Å². The van der Waals surface area contributed by atoms with Crippen molar-refractivity contribution in [1.82, 2.24) is 14.9 Å². The summed E-state index contributed by atoms with van der Waals surface area (Å²) in [7, 11) is 1.35. The van der Waals surface area contributed by atoms with Crippen LogP contribution in [0.15, 0.2) is 12.4 Å². The minimum absolute atomic E-state index is 0.174. The molecule has 0 spiro atoms. The van der Waals surface area contributed by atoms with Crippen molar-refractivity contribution in [3.05, 3.63) is 23.8 Å². The fraction of sp³-hybridized carbons (Fsp3) is 0.571. The SMILES string of the molecule is CN(C(=O)c1cnc(C(F)(F)F)nc1)C1(C(=O)O)CCCCC1. The first-order valence-electron chi connectivity index (χ1n) is 7.09. The summed E-state index contributed by atoms with van der Waals surface area (Å²) in [6.45, 7) is 0. The fourth-order valence-electron chi connectivity index (χ4n) is 2.80. The molecule has 9 heteroatoms. The zero-order valence-electron chi connectivity index (χ0n) is 12.4. The van der Waals surface area contributed by atoms with Crippen molar-refractivity contribution < 1.29 is 27.9 Å². The third-order valence-corrected chi connectivity index (χ3v) is 4.18. The number of carboxylic acid groups (broad SMARTS) is 1. The first kappa shape index (κ1) is 17.2. The summed E-state index contributed by atoms with van der Waals surface area (Å²) >= 11 is 0. The summed E-state index contributed by atoms with van der Waals surface area (Å²) in [6.07, 6.45) is -0.293. The Hall–Kier alpha value is -2.19. The van der Waals surface area contributed by atoms with Gasteiger partial charge >= 0.3 is 12.1 Å². The molecular formula is C14H16F3N3O3. The van der Waals surface area contributed by atoms with E-state index < -0.39 is 29.4 Å². The lowest BCUT2D eigenvalue weighted by Gasteiger charge is -2.40. The second-order valence-corrected chi connectivity index (χ2v) is 5.55. The highest BCUT2D eigenvalue weighted by Gasteiger charge is 2.45. The third-order valence-electron chi connectivity index (χ3n) is 4.18. The minimum Gasteiger partial charge on any atom is -0.479 e. The van der Waals surface area contributed by atoms with Crippen LogP contribution in [-0.4, -0.2) is 44.4 Å². The van der Waals surface area contributed by atoms with Crippen LogP contribution >= 0.6 is 0 Å². The molecule has 1 aromatic heterocycles. The largest absolute Gasteiger partial charge is 0.479 e. The molecule has 2 rings (SSSR count). The molecule has 1 saturated carbocycles. The molecule has 126 valence electrons. The average Bonchev–Trinajstić information content (AvgIpc) is 2.53. The first-order chi connectivity index (χ1) is 10.7. The van der Waals surface area contributed by atoms with Gasteiger partial charge in [0.2, 0.25) is 5.82 Å². The molecule has 0 aromatic carbocycles. The fourth-order valence-corrected chi connectivity index (χ4v) is 2.80. The van der Waals surface area contributed by atoms with Crippen molar-refractivity contribution in [1.29, 1.82) is 0 Å². The van der Waals surface area contributed by atoms with Crippen molar-refractivity contribution >= 4 is 11.9 Å². The Balaban J connectivity index is 2.26. The quantitative estimate of drug-likeness (QED) is 0.919. The van der Waals surface area contributed by atoms with Crippen molar-refractivity contribution in [2.24, 2.45) is 0 Å². The summed E-state index contributed by atoms with van der Waals surface area (Å²) in [5.41, 5.74) is -1.51. The van der Waals surface area contributed by atoms with Crippen LogP contribution in [0, 0.1) is 0 Å². The second-order valence-electron chi connectivity index (χ2n) is 5.55. The number of carbonyl (C=O) groups excluding carboxylic acids is 1. The molecule has 0 radical (unpaired) electrons. The zero-order chi connectivity index (χ0) is 17.3. The molecule has 0 unspecified atom stereocenters. The van der Waals surface area contributed by atoms with Gasteiger partial charge in [0, 0.05) is 19.4 Å². The van der Waals surface area contributed by atoms with Crippen LogP contribution in [-0.2, 0) is 11.0 Å². The number of halogens is 3. The normalized spacial score (nSPS) is 17.6. The van der Waals surface area contributed by atoms with E-state index in [1.54, 1.807) is 0 Å². The summed E-state index contributed by atoms with van der Waals surface area (Å²) in [6, 6.07) is 0. The maximum atomic E-state index is 12.4. The highest BCUT2D eigenvalue weighted by atomic mass is 19.4. The molecule has 1 heterocycles. The molecule has 6 nitrogen and oxygen atoms in total. The van der Waals surface area contributed by atoms with Gasteiger partial charge in [0.25, 0.3) is 5.91 Å². The number of hydrogen-bond acceptors (Lipinski definition) is 4. The summed E-state index contributed by atoms with van der Waals surface area (Å²) in [4.78, 5) is 31.4. The number of rotatable bonds is 3. The molecule has 0 atom stereocenters. The number of nitrogens with zero attached hydrogens (tertiary/aromatic N) is 3. The Labute approximate surface area is 130 Å². The Morgan fingerprint density at radius 2 is 1.70 bits per heavy atom. The van der Waals surface area contributed by atoms with E-state index in [1.165, 1.54) is 7.05 Å². The molecule has 0 aliphatic heterocycles. The molecule has 1 aliphatic carbocycles. The lowest BCUT2D eigenvalue weighted by Crippen LogP contribution is -2.56. The zero-order valence-corrected chi connectivity index (χ0v) is 12.4. The van der Waals surface area contributed by atoms with Gasteiger partial charge in [0.05, 0.1) is 5.56 Å². The Bertz CT molecular complexity index is 596. The third kappa shape index (κ3) is 3.27. The minimum atomic E-state index is -4.70. The molecule has 1 aliphatic rings. The Kier molecular flexibility index (Phi) is 4.58. The number of hydrogen-bond donors (Lipinski definition) is 1. The lowest BCUT2D eigenvalue weighted by atomic mass is 9.80. The number of carbonyl (C=O) groups is 2. The predicted octanol–water partition coefficient (Wildman–Crippen LogP) is 2.35. The molecule has 1 fully saturated rings. The Morgan fingerprint density at radius 1 is 1.17 bits per heavy atom. The van der Waals surface area contributed by atoms with Gasteiger partial charge in [-0.3, -0.25) is 4.79 Å². The van der Waals surface area contributed by atoms with E-state index in [2.05, 4.69) is 9.97 Å². The van der Waals surface area contributed by atoms with Gasteiger partial charge in [0.15, 0.2) is 0 Å². The summed E-state index contributed by atoms with van der Waals surface area (Å²) < 4.78 is 37.3. The number of amides is 1. The monoisotopic (exact) mass is 331 g/mol. The van der Waals surface area contributed by atoms with Crippen molar-refractivity contribution in [2.75, 3.05) is 7.05 Å². The van der Waals surface area contributed by atoms with Crippen molar-refractivity contribution in [2.45, 2.75) is 43.8 Å². The van der Waals surface area contributed by atoms with Gasteiger partial charge in [0.1, 0.15) is 5.54 Å². The van der Waals surface area contributed by atoms with Crippen LogP contribution in [0.25, 0.3) is 0 Å². The number of aliphatic carboxylic acids is 1. The smallest absolute Gasteiger partial charge is 0.451 e. The second kappa shape index (κ2) is 6.13. The van der Waals surface area contributed by atoms with Crippen LogP contribution in [0.4, 0.5) is 13.2 Å². The number of likely N-dealkylation sites (N-methyl/N-ethyl adjacent to an activating group) is 1. The molecule has 1 amide bonds. The molecular weight excluding hydrogens is 315 g/mol. The molecule has 0 bridgehead atoms. The van der Waals surface area contributed by atoms with Crippen molar-refractivity contribution in [3.63, 3.8) is 0 Å². The van der Waals surface area contributed by atoms with Gasteiger partial charge < -0.3 is 10.0 Å². The lowest BCUT2D eigenvalue weighted by molar-refractivity contribution is -0.151. The summed E-state index contributed by atoms with van der Waals surface area (Å²) in [5, 5.41) is 9.53. The van der Waals surface area contributed by atoms with Crippen LogP contribution in [0.3, 0.4) is 0 Å². The Morgan fingerprint density at radius 3 is 2.13 bits per heavy atom. The van der Waals surface area contributed by atoms with E-state index in [4.69, 9.17) is 0 Å². The molecule has 1 N–H and O–H groups in total. The van der Waals surface area contributed by atoms with Crippen LogP contribution in [0.5, 0.6) is 0 Å². The number of aromatic nitrogens is 2. The van der Waals surface area contributed by atoms with E-state index in [0.717, 1.165) is 23.7 Å². The molecule has 0 saturated heterocycles. The van der Waals surface area contributed by atoms with Crippen LogP contribution in [0.2, 0.25) is 0 Å². The van der Waals surface area contributed by atoms with E-state index in [0.29, 0.717) is 25.7 Å². The first-order valence-corrected chi connectivity index (χ1v) is 7.09. The van der Waals surface area contributed by atoms with Gasteiger partial charge in [-0.15, -0.1) is 0 Å². The maximum Gasteiger partial charge on any atom is 0.451 e. The maximum absolute atomic E-state index is 12.4. The predicted molar refractivity (Wildman–Crippen MR) is 72.6 cm³/mol. The molecule has 1 aromatic rings.